The van der Waals surface area contributed by atoms with Crippen LogP contribution < -0.4 is 0 Å². The van der Waals surface area contributed by atoms with Crippen LogP contribution in [-0.2, 0) is 33.8 Å². The van der Waals surface area contributed by atoms with Gasteiger partial charge in [0.2, 0.25) is 0 Å². The summed E-state index contributed by atoms with van der Waals surface area (Å²) < 4.78 is 16.9. The van der Waals surface area contributed by atoms with E-state index in [-0.39, 0.29) is 10.8 Å². The van der Waals surface area contributed by atoms with E-state index >= 15 is 0 Å². The van der Waals surface area contributed by atoms with Gasteiger partial charge in [-0.2, -0.15) is 0 Å². The summed E-state index contributed by atoms with van der Waals surface area (Å²) in [5.74, 6) is 3.85. The highest BCUT2D eigenvalue weighted by molar-refractivity contribution is 7.99. The van der Waals surface area contributed by atoms with Gasteiger partial charge in [0, 0.05) is 76.1 Å². The number of rotatable bonds is 8. The maximum Gasteiger partial charge on any atom is 0.174 e. The third-order valence-corrected chi connectivity index (χ3v) is 34.2. The van der Waals surface area contributed by atoms with E-state index < -0.39 is 0 Å². The number of para-hydroxylation sites is 4. The molecule has 4 aliphatic heterocycles. The Bertz CT molecular complexity index is 9460. The molecule has 145 heavy (non-hydrogen) atoms. The normalized spacial score (nSPS) is 13.0. The summed E-state index contributed by atoms with van der Waals surface area (Å²) in [6.45, 7) is 13.8. The van der Waals surface area contributed by atoms with E-state index in [1.54, 1.807) is 0 Å². The minimum atomic E-state index is 0.0882. The quantitative estimate of drug-likeness (QED) is 0.149. The van der Waals surface area contributed by atoms with Crippen molar-refractivity contribution in [2.75, 3.05) is 0 Å². The first kappa shape index (κ1) is 88.2. The fourth-order valence-electron chi connectivity index (χ4n) is 21.8. The third-order valence-electron chi connectivity index (χ3n) is 29.0. The van der Waals surface area contributed by atoms with Crippen molar-refractivity contribution in [2.45, 2.75) is 96.0 Å². The van der Waals surface area contributed by atoms with Crippen molar-refractivity contribution < 1.29 is 0 Å². The summed E-state index contributed by atoms with van der Waals surface area (Å²) in [4.78, 5) is 19.9. The van der Waals surface area contributed by atoms with Crippen LogP contribution >= 0.6 is 58.4 Å². The SMILES string of the molecule is CC(C)(C)c1ccc2c(c1)c1cc(C(C)(C)C)ccc1n2-c1ccc2nc3n(c2c1)-c1ccccc1CS3.c1ccc(-c2ccc3c(c2)c2cc(-c4ccccc4)ccc2n3-c2ccc3nc4n(c3c2)-c2ccccc2CS4)cc1.c1ccc(-c2cccc(-c3ccccc3)c2-c2ccc3nc4n(c3c2)-c2ccccc2CS4)cc1.c1ccc2c(c1)CSc1nc3ccc(-c4cccc5c4sc4ccccc45)cc3n1-2. The van der Waals surface area contributed by atoms with Gasteiger partial charge in [0.25, 0.3) is 0 Å². The smallest absolute Gasteiger partial charge is 0.174 e. The number of imidazole rings is 4. The van der Waals surface area contributed by atoms with Gasteiger partial charge < -0.3 is 9.13 Å². The Labute approximate surface area is 861 Å². The molecule has 10 nitrogen and oxygen atoms in total. The van der Waals surface area contributed by atoms with Gasteiger partial charge in [-0.15, -0.1) is 11.3 Å². The van der Waals surface area contributed by atoms with Crippen molar-refractivity contribution in [1.82, 2.24) is 47.3 Å². The lowest BCUT2D eigenvalue weighted by atomic mass is 9.85. The second kappa shape index (κ2) is 35.7. The number of hydrogen-bond acceptors (Lipinski definition) is 9. The predicted molar refractivity (Wildman–Crippen MR) is 614 cm³/mol. The molecular weight excluding hydrogens is 1860 g/mol. The van der Waals surface area contributed by atoms with Gasteiger partial charge >= 0.3 is 0 Å². The molecule has 696 valence electrons. The Morgan fingerprint density at radius 3 is 0.945 bits per heavy atom. The number of benzene rings is 19. The molecule has 0 spiro atoms. The van der Waals surface area contributed by atoms with Crippen LogP contribution in [0.15, 0.2) is 445 Å². The van der Waals surface area contributed by atoms with Gasteiger partial charge in [-0.3, -0.25) is 18.3 Å². The number of fused-ring (bicyclic) bond motifs is 29. The molecule has 15 heteroatoms. The molecule has 0 bridgehead atoms. The summed E-state index contributed by atoms with van der Waals surface area (Å²) in [6.07, 6.45) is 0. The van der Waals surface area contributed by atoms with E-state index in [4.69, 9.17) is 19.9 Å². The van der Waals surface area contributed by atoms with Crippen LogP contribution in [0.1, 0.15) is 74.9 Å². The van der Waals surface area contributed by atoms with Gasteiger partial charge in [0.15, 0.2) is 20.6 Å². The molecule has 4 aliphatic rings. The number of hydrogen-bond donors (Lipinski definition) is 0. The summed E-state index contributed by atoms with van der Waals surface area (Å²) in [5.41, 5.74) is 44.0. The Morgan fingerprint density at radius 2 is 0.531 bits per heavy atom. The van der Waals surface area contributed by atoms with Crippen LogP contribution in [0.3, 0.4) is 0 Å². The standard InChI is InChI=1S/C38H25N3S.C34H33N3S.C32H22N2S.C26H16N2S2/c1-3-9-25(10-4-1)27-15-19-35-31(21-27)32-22-28(26-11-5-2-6-12-26)16-20-36(32)40(35)30-17-18-33-37(23-30)41-34-14-8-7-13-29(34)24-42-38(41)39-33;1-33(2,3)22-11-15-29-25(17-22)26-18-23(34(4,5)6)12-16-30(26)36(29)24-13-14-27-31(19-24)37-28-10-8-7-9-21(28)20-38-32(37)35-27;1-3-10-22(11-4-1)26-15-9-16-27(23-12-5-2-6-13-23)31(26)24-18-19-28-30(20-24)34-29-17-8-7-14-25(29)21-35-32(34)33-28;1-3-10-22-17(6-1)15-29-26-27-21-13-12-16(14-23(21)28(22)26)18-8-5-9-20-19-7-2-4-11-24(19)30-25(18)20/h1-23H,24H2;7-19H,20H2,1-6H3;1-20H,21H2;1-14H,15H2. The van der Waals surface area contributed by atoms with Crippen LogP contribution in [0.5, 0.6) is 0 Å². The first-order valence-electron chi connectivity index (χ1n) is 49.5. The number of nitrogens with zero attached hydrogens (tertiary/aromatic N) is 10. The minimum absolute atomic E-state index is 0.0882. The second-order valence-electron chi connectivity index (χ2n) is 39.9. The summed E-state index contributed by atoms with van der Waals surface area (Å²) in [7, 11) is 0. The lowest BCUT2D eigenvalue weighted by Gasteiger charge is -2.19. The van der Waals surface area contributed by atoms with E-state index in [0.29, 0.717) is 0 Å². The van der Waals surface area contributed by atoms with E-state index in [2.05, 4.69) is 494 Å². The topological polar surface area (TPSA) is 81.1 Å². The molecule has 0 aliphatic carbocycles. The molecule has 0 radical (unpaired) electrons. The Balaban J connectivity index is 0.0000000966. The zero-order chi connectivity index (χ0) is 96.9. The minimum Gasteiger partial charge on any atom is -0.309 e. The first-order chi connectivity index (χ1) is 71.1. The van der Waals surface area contributed by atoms with Gasteiger partial charge in [-0.05, 0) is 250 Å². The van der Waals surface area contributed by atoms with Crippen LogP contribution in [0.25, 0.3) is 209 Å². The molecule has 19 aromatic carbocycles. The van der Waals surface area contributed by atoms with Gasteiger partial charge in [0.1, 0.15) is 0 Å². The fraction of sp³-hybridized carbons (Fsp3) is 0.0923. The fourth-order valence-corrected chi connectivity index (χ4v) is 27.1. The molecule has 0 N–H and O–H groups in total. The largest absolute Gasteiger partial charge is 0.309 e. The lowest BCUT2D eigenvalue weighted by Crippen LogP contribution is -2.10. The monoisotopic (exact) mass is 1960 g/mol. The van der Waals surface area contributed by atoms with E-state index in [9.17, 15) is 0 Å². The maximum atomic E-state index is 5.01. The molecule has 0 fully saturated rings. The third kappa shape index (κ3) is 15.5. The average molecular weight is 1960 g/mol. The molecule has 0 amide bonds. The highest BCUT2D eigenvalue weighted by Crippen LogP contribution is 2.50. The van der Waals surface area contributed by atoms with Gasteiger partial charge in [-0.1, -0.05) is 374 Å². The van der Waals surface area contributed by atoms with Crippen LogP contribution in [0.4, 0.5) is 0 Å². The Hall–Kier alpha value is -15.7. The molecular formula is C130H96N10S5. The summed E-state index contributed by atoms with van der Waals surface area (Å²) >= 11 is 9.14. The van der Waals surface area contributed by atoms with E-state index in [0.717, 1.165) is 87.9 Å². The summed E-state index contributed by atoms with van der Waals surface area (Å²) in [6, 6.07) is 154. The number of thioether (sulfide) groups is 4. The van der Waals surface area contributed by atoms with Crippen molar-refractivity contribution in [3.8, 4) is 101 Å². The van der Waals surface area contributed by atoms with Crippen LogP contribution in [0, 0.1) is 0 Å². The van der Waals surface area contributed by atoms with Gasteiger partial charge in [0.05, 0.1) is 88.9 Å². The van der Waals surface area contributed by atoms with Crippen molar-refractivity contribution in [1.29, 1.82) is 0 Å². The lowest BCUT2D eigenvalue weighted by molar-refractivity contribution is 0.590. The van der Waals surface area contributed by atoms with Crippen molar-refractivity contribution in [3.05, 3.63) is 458 Å². The van der Waals surface area contributed by atoms with Crippen molar-refractivity contribution in [2.24, 2.45) is 0 Å². The molecule has 0 unspecified atom stereocenters. The molecule has 7 aromatic heterocycles. The van der Waals surface area contributed by atoms with E-state index in [1.165, 1.54) is 198 Å². The molecule has 0 saturated carbocycles. The molecule has 0 atom stereocenters. The molecule has 11 heterocycles. The molecule has 26 aromatic rings. The first-order valence-corrected chi connectivity index (χ1v) is 54.3. The van der Waals surface area contributed by atoms with Crippen LogP contribution in [0.2, 0.25) is 0 Å². The second-order valence-corrected chi connectivity index (χ2v) is 44.7. The highest BCUT2D eigenvalue weighted by atomic mass is 32.2. The highest BCUT2D eigenvalue weighted by Gasteiger charge is 2.30. The molecule has 0 saturated heterocycles. The number of thiophene rings is 1. The van der Waals surface area contributed by atoms with Crippen molar-refractivity contribution in [3.63, 3.8) is 0 Å². The summed E-state index contributed by atoms with van der Waals surface area (Å²) in [5, 5.41) is 12.1. The Morgan fingerprint density at radius 1 is 0.214 bits per heavy atom. The zero-order valence-electron chi connectivity index (χ0n) is 80.8. The maximum absolute atomic E-state index is 5.01. The number of aromatic nitrogens is 10. The Kier molecular flexibility index (Phi) is 21.7. The average Bonchev–Trinajstić information content (AvgIpc) is 1.57. The van der Waals surface area contributed by atoms with E-state index in [1.807, 2.05) is 58.4 Å². The van der Waals surface area contributed by atoms with Crippen molar-refractivity contribution >= 4 is 166 Å². The zero-order valence-corrected chi connectivity index (χ0v) is 84.8. The predicted octanol–water partition coefficient (Wildman–Crippen LogP) is 35.7. The molecule has 30 rings (SSSR count). The van der Waals surface area contributed by atoms with Crippen LogP contribution in [-0.4, -0.2) is 47.3 Å². The van der Waals surface area contributed by atoms with Gasteiger partial charge in [-0.25, -0.2) is 19.9 Å².